The van der Waals surface area contributed by atoms with Gasteiger partial charge in [0.1, 0.15) is 16.6 Å². The first-order valence-electron chi connectivity index (χ1n) is 7.73. The Labute approximate surface area is 159 Å². The first kappa shape index (κ1) is 17.4. The molecule has 0 saturated heterocycles. The molecule has 0 bridgehead atoms. The Bertz CT molecular complexity index is 965. The summed E-state index contributed by atoms with van der Waals surface area (Å²) in [4.78, 5) is 4.60. The fourth-order valence-electron chi connectivity index (χ4n) is 2.28. The Balaban J connectivity index is 1.82. The molecule has 3 rings (SSSR count). The monoisotopic (exact) mass is 409 g/mol. The van der Waals surface area contributed by atoms with Crippen molar-refractivity contribution in [3.05, 3.63) is 74.7 Å². The average molecular weight is 410 g/mol. The summed E-state index contributed by atoms with van der Waals surface area (Å²) in [5.74, 6) is 0. The third kappa shape index (κ3) is 4.16. The average Bonchev–Trinajstić information content (AvgIpc) is 3.09. The number of rotatable bonds is 4. The second kappa shape index (κ2) is 7.64. The van der Waals surface area contributed by atoms with E-state index in [0.29, 0.717) is 10.6 Å². The number of anilines is 1. The number of aryl methyl sites for hydroxylation is 2. The van der Waals surface area contributed by atoms with Crippen LogP contribution in [-0.2, 0) is 0 Å². The number of allylic oxidation sites excluding steroid dienone is 1. The van der Waals surface area contributed by atoms with Gasteiger partial charge in [-0.3, -0.25) is 0 Å². The molecule has 0 radical (unpaired) electrons. The lowest BCUT2D eigenvalue weighted by Crippen LogP contribution is -1.92. The zero-order valence-electron chi connectivity index (χ0n) is 13.9. The summed E-state index contributed by atoms with van der Waals surface area (Å²) in [6, 6.07) is 16.3. The molecule has 5 heteroatoms. The van der Waals surface area contributed by atoms with Crippen LogP contribution in [0.4, 0.5) is 5.69 Å². The number of thiazole rings is 1. The summed E-state index contributed by atoms with van der Waals surface area (Å²) >= 11 is 4.90. The molecule has 3 aromatic rings. The maximum absolute atomic E-state index is 9.47. The number of halogens is 1. The summed E-state index contributed by atoms with van der Waals surface area (Å²) in [6.07, 6.45) is 1.72. The first-order valence-corrected chi connectivity index (χ1v) is 9.40. The van der Waals surface area contributed by atoms with Crippen LogP contribution in [0.3, 0.4) is 0 Å². The molecule has 0 spiro atoms. The maximum Gasteiger partial charge on any atom is 0.136 e. The largest absolute Gasteiger partial charge is 0.360 e. The van der Waals surface area contributed by atoms with E-state index in [1.165, 1.54) is 22.5 Å². The van der Waals surface area contributed by atoms with Crippen LogP contribution in [0.25, 0.3) is 16.8 Å². The quantitative estimate of drug-likeness (QED) is 0.524. The molecule has 124 valence electrons. The Morgan fingerprint density at radius 2 is 1.92 bits per heavy atom. The van der Waals surface area contributed by atoms with Crippen LogP contribution in [0, 0.1) is 25.2 Å². The van der Waals surface area contributed by atoms with Crippen molar-refractivity contribution >= 4 is 38.5 Å². The Morgan fingerprint density at radius 1 is 1.16 bits per heavy atom. The minimum absolute atomic E-state index is 0.520. The predicted molar refractivity (Wildman–Crippen MR) is 108 cm³/mol. The van der Waals surface area contributed by atoms with Crippen LogP contribution in [0.1, 0.15) is 16.1 Å². The van der Waals surface area contributed by atoms with Gasteiger partial charge in [0.25, 0.3) is 0 Å². The molecule has 25 heavy (non-hydrogen) atoms. The highest BCUT2D eigenvalue weighted by molar-refractivity contribution is 9.10. The minimum Gasteiger partial charge on any atom is -0.360 e. The highest BCUT2D eigenvalue weighted by atomic mass is 79.9. The van der Waals surface area contributed by atoms with Gasteiger partial charge in [-0.25, -0.2) is 4.98 Å². The summed E-state index contributed by atoms with van der Waals surface area (Å²) < 4.78 is 1.03. The van der Waals surface area contributed by atoms with Crippen molar-refractivity contribution in [2.45, 2.75) is 13.8 Å². The lowest BCUT2D eigenvalue weighted by molar-refractivity contribution is 1.33. The second-order valence-electron chi connectivity index (χ2n) is 5.66. The molecular weight excluding hydrogens is 394 g/mol. The van der Waals surface area contributed by atoms with E-state index in [1.54, 1.807) is 6.20 Å². The van der Waals surface area contributed by atoms with E-state index >= 15 is 0 Å². The van der Waals surface area contributed by atoms with Gasteiger partial charge in [0.2, 0.25) is 0 Å². The summed E-state index contributed by atoms with van der Waals surface area (Å²) in [6.45, 7) is 4.15. The van der Waals surface area contributed by atoms with E-state index in [2.05, 4.69) is 58.3 Å². The van der Waals surface area contributed by atoms with Gasteiger partial charge in [0.15, 0.2) is 0 Å². The van der Waals surface area contributed by atoms with Crippen molar-refractivity contribution in [2.24, 2.45) is 0 Å². The molecule has 0 saturated carbocycles. The SMILES string of the molecule is Cc1ccc(N/C=C(/C#N)c2nc(-c3ccc(Br)cc3)cs2)cc1C. The Kier molecular flexibility index (Phi) is 5.32. The van der Waals surface area contributed by atoms with Crippen LogP contribution < -0.4 is 5.32 Å². The fraction of sp³-hybridized carbons (Fsp3) is 0.100. The minimum atomic E-state index is 0.520. The van der Waals surface area contributed by atoms with E-state index in [0.717, 1.165) is 21.4 Å². The standard InChI is InChI=1S/C20H16BrN3S/c1-13-3-8-18(9-14(13)2)23-11-16(10-22)20-24-19(12-25-20)15-4-6-17(21)7-5-15/h3-9,11-12,23H,1-2H3/b16-11-. The zero-order valence-corrected chi connectivity index (χ0v) is 16.3. The summed E-state index contributed by atoms with van der Waals surface area (Å²) in [5, 5.41) is 15.3. The van der Waals surface area contributed by atoms with Crippen molar-refractivity contribution in [3.63, 3.8) is 0 Å². The molecule has 0 atom stereocenters. The summed E-state index contributed by atoms with van der Waals surface area (Å²) in [5.41, 5.74) is 5.84. The van der Waals surface area contributed by atoms with E-state index in [1.807, 2.05) is 35.7 Å². The lowest BCUT2D eigenvalue weighted by Gasteiger charge is -2.05. The molecule has 1 N–H and O–H groups in total. The molecule has 3 nitrogen and oxygen atoms in total. The van der Waals surface area contributed by atoms with Crippen molar-refractivity contribution < 1.29 is 0 Å². The zero-order chi connectivity index (χ0) is 17.8. The van der Waals surface area contributed by atoms with E-state index in [4.69, 9.17) is 0 Å². The van der Waals surface area contributed by atoms with Crippen LogP contribution >= 0.6 is 27.3 Å². The van der Waals surface area contributed by atoms with Gasteiger partial charge in [0.05, 0.1) is 5.69 Å². The van der Waals surface area contributed by atoms with Gasteiger partial charge in [-0.1, -0.05) is 34.1 Å². The van der Waals surface area contributed by atoms with Gasteiger partial charge in [-0.2, -0.15) is 5.26 Å². The van der Waals surface area contributed by atoms with Crippen LogP contribution in [0.2, 0.25) is 0 Å². The first-order chi connectivity index (χ1) is 12.1. The fourth-order valence-corrected chi connectivity index (χ4v) is 3.34. The third-order valence-corrected chi connectivity index (χ3v) is 5.29. The van der Waals surface area contributed by atoms with Crippen LogP contribution in [-0.4, -0.2) is 4.98 Å². The molecule has 1 heterocycles. The number of aromatic nitrogens is 1. The molecule has 0 unspecified atom stereocenters. The van der Waals surface area contributed by atoms with Gasteiger partial charge in [-0.15, -0.1) is 11.3 Å². The molecule has 0 fully saturated rings. The topological polar surface area (TPSA) is 48.7 Å². The highest BCUT2D eigenvalue weighted by Gasteiger charge is 2.09. The Morgan fingerprint density at radius 3 is 2.60 bits per heavy atom. The number of nitrogens with one attached hydrogen (secondary N) is 1. The molecule has 0 aliphatic carbocycles. The smallest absolute Gasteiger partial charge is 0.136 e. The number of hydrogen-bond donors (Lipinski definition) is 1. The van der Waals surface area contributed by atoms with E-state index in [-0.39, 0.29) is 0 Å². The second-order valence-corrected chi connectivity index (χ2v) is 7.43. The highest BCUT2D eigenvalue weighted by Crippen LogP contribution is 2.27. The molecule has 1 aromatic heterocycles. The van der Waals surface area contributed by atoms with Gasteiger partial charge < -0.3 is 5.32 Å². The van der Waals surface area contributed by atoms with Gasteiger partial charge >= 0.3 is 0 Å². The van der Waals surface area contributed by atoms with Gasteiger partial charge in [-0.05, 0) is 49.2 Å². The van der Waals surface area contributed by atoms with E-state index < -0.39 is 0 Å². The lowest BCUT2D eigenvalue weighted by atomic mass is 10.1. The molecule has 0 aliphatic rings. The summed E-state index contributed by atoms with van der Waals surface area (Å²) in [7, 11) is 0. The number of benzene rings is 2. The van der Waals surface area contributed by atoms with Crippen LogP contribution in [0.15, 0.2) is 58.5 Å². The Hall–Kier alpha value is -2.42. The molecule has 0 aliphatic heterocycles. The predicted octanol–water partition coefficient (Wildman–Crippen LogP) is 6.17. The van der Waals surface area contributed by atoms with Crippen molar-refractivity contribution in [2.75, 3.05) is 5.32 Å². The normalized spacial score (nSPS) is 11.2. The maximum atomic E-state index is 9.47. The van der Waals surface area contributed by atoms with Crippen molar-refractivity contribution in [1.29, 1.82) is 5.26 Å². The number of nitriles is 1. The van der Waals surface area contributed by atoms with Crippen molar-refractivity contribution in [1.82, 2.24) is 4.98 Å². The number of hydrogen-bond acceptors (Lipinski definition) is 4. The van der Waals surface area contributed by atoms with Gasteiger partial charge in [0, 0.05) is 27.3 Å². The molecule has 0 amide bonds. The third-order valence-electron chi connectivity index (χ3n) is 3.89. The van der Waals surface area contributed by atoms with Crippen LogP contribution in [0.5, 0.6) is 0 Å². The molecular formula is C20H16BrN3S. The molecule has 2 aromatic carbocycles. The number of nitrogens with zero attached hydrogens (tertiary/aromatic N) is 2. The van der Waals surface area contributed by atoms with Crippen molar-refractivity contribution in [3.8, 4) is 17.3 Å². The van der Waals surface area contributed by atoms with E-state index in [9.17, 15) is 5.26 Å².